The van der Waals surface area contributed by atoms with Crippen LogP contribution in [0.5, 0.6) is 0 Å². The Morgan fingerprint density at radius 3 is 2.85 bits per heavy atom. The third-order valence-corrected chi connectivity index (χ3v) is 5.14. The quantitative estimate of drug-likeness (QED) is 0.800. The van der Waals surface area contributed by atoms with Gasteiger partial charge in [0.25, 0.3) is 0 Å². The first-order chi connectivity index (χ1) is 9.60. The zero-order chi connectivity index (χ0) is 14.5. The molecule has 1 aliphatic carbocycles. The van der Waals surface area contributed by atoms with Crippen molar-refractivity contribution in [2.75, 3.05) is 6.54 Å². The molecule has 20 heavy (non-hydrogen) atoms. The summed E-state index contributed by atoms with van der Waals surface area (Å²) in [6.45, 7) is 5.66. The molecule has 0 spiro atoms. The second kappa shape index (κ2) is 7.56. The molecule has 112 valence electrons. The smallest absolute Gasteiger partial charge is 0.124 e. The van der Waals surface area contributed by atoms with E-state index in [-0.39, 0.29) is 5.82 Å². The lowest BCUT2D eigenvalue weighted by atomic mass is 9.76. The molecule has 0 bridgehead atoms. The zero-order valence-electron chi connectivity index (χ0n) is 12.5. The van der Waals surface area contributed by atoms with Crippen LogP contribution in [0.25, 0.3) is 0 Å². The van der Waals surface area contributed by atoms with E-state index in [9.17, 15) is 4.39 Å². The fraction of sp³-hybridized carbons (Fsp3) is 0.647. The molecule has 0 radical (unpaired) electrons. The highest BCUT2D eigenvalue weighted by molar-refractivity contribution is 9.10. The molecule has 1 aromatic carbocycles. The molecule has 1 aliphatic rings. The maximum atomic E-state index is 13.2. The summed E-state index contributed by atoms with van der Waals surface area (Å²) in [6, 6.07) is 5.69. The number of hydrogen-bond donors (Lipinski definition) is 1. The van der Waals surface area contributed by atoms with E-state index in [1.54, 1.807) is 12.1 Å². The minimum Gasteiger partial charge on any atom is -0.314 e. The predicted molar refractivity (Wildman–Crippen MR) is 86.4 cm³/mol. The number of benzene rings is 1. The molecule has 0 saturated heterocycles. The Kier molecular flexibility index (Phi) is 6.03. The Balaban J connectivity index is 2.06. The van der Waals surface area contributed by atoms with Crippen LogP contribution in [0.2, 0.25) is 0 Å². The lowest BCUT2D eigenvalue weighted by Crippen LogP contribution is -2.41. The van der Waals surface area contributed by atoms with Gasteiger partial charge in [-0.05, 0) is 68.2 Å². The molecular formula is C17H25BrFN. The van der Waals surface area contributed by atoms with Crippen LogP contribution in [0.15, 0.2) is 22.7 Å². The third kappa shape index (κ3) is 4.29. The maximum absolute atomic E-state index is 13.2. The first-order valence-corrected chi connectivity index (χ1v) is 8.56. The molecule has 1 nitrogen and oxygen atoms in total. The SMILES string of the molecule is CCCNC1CCC(C)CC1Cc1ccc(F)cc1Br. The molecule has 1 saturated carbocycles. The lowest BCUT2D eigenvalue weighted by Gasteiger charge is -2.36. The Labute approximate surface area is 130 Å². The van der Waals surface area contributed by atoms with Gasteiger partial charge in [0.05, 0.1) is 0 Å². The van der Waals surface area contributed by atoms with Gasteiger partial charge in [-0.3, -0.25) is 0 Å². The summed E-state index contributed by atoms with van der Waals surface area (Å²) in [6.07, 6.45) is 6.07. The average molecular weight is 342 g/mol. The van der Waals surface area contributed by atoms with Crippen molar-refractivity contribution in [1.82, 2.24) is 5.32 Å². The van der Waals surface area contributed by atoms with Crippen molar-refractivity contribution in [2.45, 2.75) is 52.0 Å². The van der Waals surface area contributed by atoms with Gasteiger partial charge in [-0.15, -0.1) is 0 Å². The summed E-state index contributed by atoms with van der Waals surface area (Å²) in [7, 11) is 0. The van der Waals surface area contributed by atoms with Crippen LogP contribution in [0, 0.1) is 17.7 Å². The molecule has 0 amide bonds. The standard InChI is InChI=1S/C17H25BrFN/c1-3-8-20-17-7-4-12(2)9-14(17)10-13-5-6-15(19)11-16(13)18/h5-6,11-12,14,17,20H,3-4,7-10H2,1-2H3. The van der Waals surface area contributed by atoms with Gasteiger partial charge in [-0.25, -0.2) is 4.39 Å². The van der Waals surface area contributed by atoms with Crippen LogP contribution in [-0.2, 0) is 6.42 Å². The molecule has 3 heteroatoms. The van der Waals surface area contributed by atoms with E-state index in [2.05, 4.69) is 35.1 Å². The van der Waals surface area contributed by atoms with Gasteiger partial charge >= 0.3 is 0 Å². The summed E-state index contributed by atoms with van der Waals surface area (Å²) in [5.41, 5.74) is 1.23. The molecule has 3 unspecified atom stereocenters. The van der Waals surface area contributed by atoms with Crippen LogP contribution < -0.4 is 5.32 Å². The molecule has 2 rings (SSSR count). The van der Waals surface area contributed by atoms with Gasteiger partial charge < -0.3 is 5.32 Å². The lowest BCUT2D eigenvalue weighted by molar-refractivity contribution is 0.212. The van der Waals surface area contributed by atoms with E-state index >= 15 is 0 Å². The zero-order valence-corrected chi connectivity index (χ0v) is 14.0. The van der Waals surface area contributed by atoms with Gasteiger partial charge in [0.1, 0.15) is 5.82 Å². The highest BCUT2D eigenvalue weighted by Crippen LogP contribution is 2.33. The normalized spacial score (nSPS) is 26.7. The third-order valence-electron chi connectivity index (χ3n) is 4.40. The van der Waals surface area contributed by atoms with Crippen LogP contribution in [0.1, 0.15) is 45.1 Å². The summed E-state index contributed by atoms with van der Waals surface area (Å²) >= 11 is 3.50. The molecule has 3 atom stereocenters. The Morgan fingerprint density at radius 2 is 2.15 bits per heavy atom. The van der Waals surface area contributed by atoms with E-state index in [1.165, 1.54) is 31.2 Å². The molecular weight excluding hydrogens is 317 g/mol. The largest absolute Gasteiger partial charge is 0.314 e. The minimum absolute atomic E-state index is 0.168. The van der Waals surface area contributed by atoms with Gasteiger partial charge in [-0.1, -0.05) is 35.8 Å². The molecule has 1 fully saturated rings. The average Bonchev–Trinajstić information content (AvgIpc) is 2.41. The van der Waals surface area contributed by atoms with Crippen molar-refractivity contribution >= 4 is 15.9 Å². The Hall–Kier alpha value is -0.410. The second-order valence-electron chi connectivity index (χ2n) is 6.18. The van der Waals surface area contributed by atoms with Gasteiger partial charge in [0, 0.05) is 10.5 Å². The Bertz CT molecular complexity index is 433. The van der Waals surface area contributed by atoms with Crippen LogP contribution in [0.3, 0.4) is 0 Å². The minimum atomic E-state index is -0.168. The monoisotopic (exact) mass is 341 g/mol. The van der Waals surface area contributed by atoms with E-state index in [0.29, 0.717) is 12.0 Å². The van der Waals surface area contributed by atoms with E-state index in [1.807, 2.05) is 6.07 Å². The second-order valence-corrected chi connectivity index (χ2v) is 7.03. The first-order valence-electron chi connectivity index (χ1n) is 7.77. The summed E-state index contributed by atoms with van der Waals surface area (Å²) in [4.78, 5) is 0. The summed E-state index contributed by atoms with van der Waals surface area (Å²) in [5.74, 6) is 1.30. The van der Waals surface area contributed by atoms with Crippen molar-refractivity contribution < 1.29 is 4.39 Å². The fourth-order valence-corrected chi connectivity index (χ4v) is 3.81. The van der Waals surface area contributed by atoms with Crippen LogP contribution in [-0.4, -0.2) is 12.6 Å². The topological polar surface area (TPSA) is 12.0 Å². The van der Waals surface area contributed by atoms with Crippen molar-refractivity contribution in [3.63, 3.8) is 0 Å². The van der Waals surface area contributed by atoms with Crippen molar-refractivity contribution in [2.24, 2.45) is 11.8 Å². The van der Waals surface area contributed by atoms with Crippen LogP contribution >= 0.6 is 15.9 Å². The number of rotatable bonds is 5. The molecule has 0 aliphatic heterocycles. The summed E-state index contributed by atoms with van der Waals surface area (Å²) in [5, 5.41) is 3.70. The highest BCUT2D eigenvalue weighted by atomic mass is 79.9. The van der Waals surface area contributed by atoms with Gasteiger partial charge in [0.15, 0.2) is 0 Å². The van der Waals surface area contributed by atoms with Crippen molar-refractivity contribution in [3.8, 4) is 0 Å². The van der Waals surface area contributed by atoms with E-state index < -0.39 is 0 Å². The first kappa shape index (κ1) is 16.0. The van der Waals surface area contributed by atoms with Crippen molar-refractivity contribution in [3.05, 3.63) is 34.1 Å². The fourth-order valence-electron chi connectivity index (χ4n) is 3.29. The number of nitrogens with one attached hydrogen (secondary N) is 1. The van der Waals surface area contributed by atoms with Crippen molar-refractivity contribution in [1.29, 1.82) is 0 Å². The van der Waals surface area contributed by atoms with E-state index in [4.69, 9.17) is 0 Å². The maximum Gasteiger partial charge on any atom is 0.124 e. The molecule has 0 aromatic heterocycles. The summed E-state index contributed by atoms with van der Waals surface area (Å²) < 4.78 is 14.1. The van der Waals surface area contributed by atoms with Gasteiger partial charge in [0.2, 0.25) is 0 Å². The predicted octanol–water partition coefficient (Wildman–Crippen LogP) is 4.94. The van der Waals surface area contributed by atoms with Crippen LogP contribution in [0.4, 0.5) is 4.39 Å². The van der Waals surface area contributed by atoms with E-state index in [0.717, 1.165) is 23.4 Å². The number of hydrogen-bond acceptors (Lipinski definition) is 1. The van der Waals surface area contributed by atoms with Gasteiger partial charge in [-0.2, -0.15) is 0 Å². The highest BCUT2D eigenvalue weighted by Gasteiger charge is 2.28. The molecule has 1 N–H and O–H groups in total. The molecule has 1 aromatic rings. The molecule has 0 heterocycles. The Morgan fingerprint density at radius 1 is 1.35 bits per heavy atom. The number of halogens is 2.